The molecule has 35 heavy (non-hydrogen) atoms. The zero-order valence-electron chi connectivity index (χ0n) is 22.3. The van der Waals surface area contributed by atoms with Crippen molar-refractivity contribution in [3.05, 3.63) is 0 Å². The molecule has 1 radical (unpaired) electrons. The van der Waals surface area contributed by atoms with E-state index < -0.39 is 11.1 Å². The van der Waals surface area contributed by atoms with Crippen molar-refractivity contribution in [3.63, 3.8) is 0 Å². The molecule has 1 heterocycles. The van der Waals surface area contributed by atoms with Crippen molar-refractivity contribution >= 4 is 5.91 Å². The Kier molecular flexibility index (Phi) is 16.9. The van der Waals surface area contributed by atoms with Gasteiger partial charge in [0.05, 0.1) is 79.3 Å². The van der Waals surface area contributed by atoms with Crippen molar-refractivity contribution in [2.24, 2.45) is 0 Å². The molecule has 0 aliphatic carbocycles. The summed E-state index contributed by atoms with van der Waals surface area (Å²) in [6.07, 6.45) is 1.22. The summed E-state index contributed by atoms with van der Waals surface area (Å²) < 4.78 is 37.2. The second kappa shape index (κ2) is 18.4. The van der Waals surface area contributed by atoms with Gasteiger partial charge in [0.2, 0.25) is 5.91 Å². The molecule has 207 valence electrons. The van der Waals surface area contributed by atoms with Crippen molar-refractivity contribution in [1.82, 2.24) is 10.4 Å². The Balaban J connectivity index is 1.87. The highest BCUT2D eigenvalue weighted by Gasteiger charge is 2.46. The van der Waals surface area contributed by atoms with Crippen LogP contribution in [0.2, 0.25) is 0 Å². The van der Waals surface area contributed by atoms with E-state index in [0.29, 0.717) is 92.1 Å². The molecular formula is C24H47N2O9. The Morgan fingerprint density at radius 3 is 1.40 bits per heavy atom. The molecule has 1 N–H and O–H groups in total. The molecule has 0 unspecified atom stereocenters. The molecule has 0 atom stereocenters. The van der Waals surface area contributed by atoms with Crippen LogP contribution < -0.4 is 5.32 Å². The Morgan fingerprint density at radius 2 is 1.03 bits per heavy atom. The van der Waals surface area contributed by atoms with Crippen LogP contribution in [-0.2, 0) is 43.2 Å². The molecule has 1 aliphatic rings. The molecule has 0 aromatic heterocycles. The van der Waals surface area contributed by atoms with Gasteiger partial charge in [-0.3, -0.25) is 4.79 Å². The van der Waals surface area contributed by atoms with Gasteiger partial charge < -0.3 is 38.5 Å². The van der Waals surface area contributed by atoms with Crippen molar-refractivity contribution in [1.29, 1.82) is 0 Å². The number of amides is 1. The first-order valence-corrected chi connectivity index (χ1v) is 12.4. The molecule has 0 spiro atoms. The number of hydrogen-bond donors (Lipinski definition) is 1. The maximum absolute atomic E-state index is 12.4. The van der Waals surface area contributed by atoms with E-state index in [4.69, 9.17) is 33.2 Å². The second-order valence-corrected chi connectivity index (χ2v) is 9.70. The Morgan fingerprint density at radius 1 is 0.686 bits per heavy atom. The molecule has 0 aromatic rings. The van der Waals surface area contributed by atoms with Crippen LogP contribution in [0.5, 0.6) is 0 Å². The predicted molar refractivity (Wildman–Crippen MR) is 129 cm³/mol. The standard InChI is InChI=1S/C24H47N2O9/c1-23(2)18-21(19-24(3,4)26(23)28)25-22(27)20-35-17-16-34-15-14-33-13-12-32-11-10-31-9-8-30-7-6-29-5/h21H,6-20H2,1-5H3,(H,25,27). The van der Waals surface area contributed by atoms with E-state index in [1.807, 2.05) is 27.7 Å². The van der Waals surface area contributed by atoms with Gasteiger partial charge >= 0.3 is 0 Å². The van der Waals surface area contributed by atoms with Crippen molar-refractivity contribution in [2.75, 3.05) is 93.0 Å². The second-order valence-electron chi connectivity index (χ2n) is 9.70. The van der Waals surface area contributed by atoms with Crippen molar-refractivity contribution in [2.45, 2.75) is 57.7 Å². The molecule has 1 saturated heterocycles. The minimum atomic E-state index is -0.517. The highest BCUT2D eigenvalue weighted by molar-refractivity contribution is 5.77. The Hall–Kier alpha value is -0.890. The van der Waals surface area contributed by atoms with E-state index in [1.54, 1.807) is 7.11 Å². The molecule has 0 saturated carbocycles. The highest BCUT2D eigenvalue weighted by atomic mass is 16.6. The third-order valence-electron chi connectivity index (χ3n) is 5.48. The summed E-state index contributed by atoms with van der Waals surface area (Å²) in [4.78, 5) is 12.2. The maximum atomic E-state index is 12.4. The lowest BCUT2D eigenvalue weighted by Gasteiger charge is -2.49. The lowest BCUT2D eigenvalue weighted by Crippen LogP contribution is -2.62. The average Bonchev–Trinajstić information content (AvgIpc) is 2.78. The third kappa shape index (κ3) is 15.1. The fraction of sp³-hybridized carbons (Fsp3) is 0.958. The Labute approximate surface area is 210 Å². The summed E-state index contributed by atoms with van der Waals surface area (Å²) in [5.74, 6) is -0.176. The van der Waals surface area contributed by atoms with E-state index in [9.17, 15) is 10.0 Å². The van der Waals surface area contributed by atoms with Gasteiger partial charge in [-0.15, -0.1) is 10.3 Å². The smallest absolute Gasteiger partial charge is 0.246 e. The van der Waals surface area contributed by atoms with Gasteiger partial charge in [0.25, 0.3) is 0 Å². The molecule has 0 aromatic carbocycles. The number of piperidine rings is 1. The van der Waals surface area contributed by atoms with E-state index in [2.05, 4.69) is 5.32 Å². The lowest BCUT2D eigenvalue weighted by atomic mass is 9.79. The van der Waals surface area contributed by atoms with Crippen LogP contribution in [-0.4, -0.2) is 121 Å². The molecule has 11 nitrogen and oxygen atoms in total. The van der Waals surface area contributed by atoms with Gasteiger partial charge in [-0.2, -0.15) is 0 Å². The summed E-state index contributed by atoms with van der Waals surface area (Å²) in [5.41, 5.74) is -1.03. The number of carbonyl (C=O) groups is 1. The van der Waals surface area contributed by atoms with Crippen LogP contribution >= 0.6 is 0 Å². The number of methoxy groups -OCH3 is 1. The van der Waals surface area contributed by atoms with Crippen LogP contribution in [0.4, 0.5) is 0 Å². The molecule has 1 aliphatic heterocycles. The lowest BCUT2D eigenvalue weighted by molar-refractivity contribution is -0.290. The predicted octanol–water partition coefficient (Wildman–Crippen LogP) is 1.22. The molecule has 1 fully saturated rings. The normalized spacial score (nSPS) is 18.1. The zero-order chi connectivity index (χ0) is 26.0. The largest absolute Gasteiger partial charge is 0.382 e. The van der Waals surface area contributed by atoms with E-state index in [-0.39, 0.29) is 18.6 Å². The fourth-order valence-electron chi connectivity index (χ4n) is 4.04. The topological polar surface area (TPSA) is 117 Å². The zero-order valence-corrected chi connectivity index (χ0v) is 22.3. The van der Waals surface area contributed by atoms with E-state index in [0.717, 1.165) is 5.06 Å². The molecular weight excluding hydrogens is 460 g/mol. The number of ether oxygens (including phenoxy) is 7. The van der Waals surface area contributed by atoms with Gasteiger partial charge in [0.1, 0.15) is 6.61 Å². The van der Waals surface area contributed by atoms with Crippen LogP contribution in [0.25, 0.3) is 0 Å². The first-order chi connectivity index (χ1) is 16.7. The summed E-state index contributed by atoms with van der Waals surface area (Å²) in [6, 6.07) is -0.0444. The first kappa shape index (κ1) is 32.1. The Bertz CT molecular complexity index is 531. The van der Waals surface area contributed by atoms with Gasteiger partial charge in [-0.05, 0) is 40.5 Å². The van der Waals surface area contributed by atoms with Gasteiger partial charge in [0, 0.05) is 24.2 Å². The van der Waals surface area contributed by atoms with Crippen molar-refractivity contribution < 1.29 is 43.2 Å². The van der Waals surface area contributed by atoms with Crippen LogP contribution in [0, 0.1) is 0 Å². The summed E-state index contributed by atoms with van der Waals surface area (Å²) in [7, 11) is 1.64. The number of nitrogens with zero attached hydrogens (tertiary/aromatic N) is 1. The van der Waals surface area contributed by atoms with Crippen LogP contribution in [0.1, 0.15) is 40.5 Å². The number of carbonyl (C=O) groups excluding carboxylic acids is 1. The number of nitrogens with one attached hydrogen (secondary N) is 1. The maximum Gasteiger partial charge on any atom is 0.246 e. The fourth-order valence-corrected chi connectivity index (χ4v) is 4.04. The van der Waals surface area contributed by atoms with Crippen molar-refractivity contribution in [3.8, 4) is 0 Å². The minimum Gasteiger partial charge on any atom is -0.382 e. The van der Waals surface area contributed by atoms with Crippen LogP contribution in [0.3, 0.4) is 0 Å². The van der Waals surface area contributed by atoms with Gasteiger partial charge in [-0.1, -0.05) is 0 Å². The molecule has 1 rings (SSSR count). The van der Waals surface area contributed by atoms with Crippen LogP contribution in [0.15, 0.2) is 0 Å². The average molecular weight is 508 g/mol. The summed E-state index contributed by atoms with van der Waals surface area (Å²) >= 11 is 0. The number of hydroxylamine groups is 2. The third-order valence-corrected chi connectivity index (χ3v) is 5.48. The molecule has 11 heteroatoms. The monoisotopic (exact) mass is 507 g/mol. The summed E-state index contributed by atoms with van der Waals surface area (Å²) in [5, 5.41) is 16.5. The first-order valence-electron chi connectivity index (χ1n) is 12.4. The molecule has 1 amide bonds. The summed E-state index contributed by atoms with van der Waals surface area (Å²) in [6.45, 7) is 13.5. The number of hydrogen-bond acceptors (Lipinski definition) is 9. The van der Waals surface area contributed by atoms with Gasteiger partial charge in [0.15, 0.2) is 0 Å². The molecule has 0 bridgehead atoms. The van der Waals surface area contributed by atoms with E-state index >= 15 is 0 Å². The highest BCUT2D eigenvalue weighted by Crippen LogP contribution is 2.36. The SMILES string of the molecule is COCCOCCOCCOCCOCCOCCOCC(=O)NC1CC(C)(C)N([O])C(C)(C)C1. The van der Waals surface area contributed by atoms with E-state index in [1.165, 1.54) is 0 Å². The number of rotatable bonds is 21. The van der Waals surface area contributed by atoms with Gasteiger partial charge in [-0.25, -0.2) is 0 Å². The quantitative estimate of drug-likeness (QED) is 0.229. The minimum absolute atomic E-state index is 0.0276.